The Bertz CT molecular complexity index is 912. The number of halogens is 4. The summed E-state index contributed by atoms with van der Waals surface area (Å²) < 4.78 is 52.8. The van der Waals surface area contributed by atoms with Crippen molar-refractivity contribution < 1.29 is 17.6 Å². The van der Waals surface area contributed by atoms with Gasteiger partial charge in [0.05, 0.1) is 17.1 Å². The number of aliphatic imine (C=N–C) groups is 1. The molecule has 23 heavy (non-hydrogen) atoms. The molecule has 0 bridgehead atoms. The van der Waals surface area contributed by atoms with E-state index < -0.39 is 34.6 Å². The molecule has 1 aromatic heterocycles. The number of nitrogens with two attached hydrogens (primary N) is 1. The monoisotopic (exact) mass is 330 g/mol. The maximum atomic E-state index is 14.1. The zero-order chi connectivity index (χ0) is 17.5. The number of alkyl halides is 3. The van der Waals surface area contributed by atoms with Crippen molar-refractivity contribution in [2.75, 3.05) is 5.73 Å². The van der Waals surface area contributed by atoms with E-state index in [-0.39, 0.29) is 26.6 Å². The molecular weight excluding hydrogens is 320 g/mol. The Labute approximate surface area is 126 Å². The highest BCUT2D eigenvalue weighted by atomic mass is 19.4. The van der Waals surface area contributed by atoms with Crippen LogP contribution >= 0.6 is 0 Å². The van der Waals surface area contributed by atoms with Gasteiger partial charge in [-0.15, -0.1) is 0 Å². The summed E-state index contributed by atoms with van der Waals surface area (Å²) in [4.78, 5) is 27.4. The van der Waals surface area contributed by atoms with E-state index in [1.807, 2.05) is 0 Å². The molecule has 0 spiro atoms. The number of anilines is 1. The number of aromatic nitrogens is 2. The van der Waals surface area contributed by atoms with Crippen LogP contribution in [-0.2, 0) is 13.2 Å². The van der Waals surface area contributed by atoms with Crippen LogP contribution in [-0.4, -0.2) is 15.9 Å². The molecule has 0 aliphatic heterocycles. The van der Waals surface area contributed by atoms with Crippen LogP contribution in [0.4, 0.5) is 28.9 Å². The number of benzene rings is 1. The molecule has 0 saturated heterocycles. The van der Waals surface area contributed by atoms with Crippen LogP contribution in [0.1, 0.15) is 5.69 Å². The van der Waals surface area contributed by atoms with Crippen molar-refractivity contribution in [1.82, 2.24) is 9.13 Å². The second-order valence-corrected chi connectivity index (χ2v) is 4.56. The third kappa shape index (κ3) is 2.74. The van der Waals surface area contributed by atoms with Gasteiger partial charge in [0.15, 0.2) is 0 Å². The molecule has 1 aromatic carbocycles. The van der Waals surface area contributed by atoms with E-state index in [1.54, 1.807) is 0 Å². The van der Waals surface area contributed by atoms with Gasteiger partial charge in [-0.1, -0.05) is 0 Å². The van der Waals surface area contributed by atoms with Crippen molar-refractivity contribution in [3.8, 4) is 5.69 Å². The molecule has 2 rings (SSSR count). The van der Waals surface area contributed by atoms with Crippen LogP contribution in [0.25, 0.3) is 5.69 Å². The Morgan fingerprint density at radius 3 is 2.35 bits per heavy atom. The number of nitrogens with zero attached hydrogens (tertiary/aromatic N) is 3. The normalized spacial score (nSPS) is 11.5. The molecule has 0 amide bonds. The summed E-state index contributed by atoms with van der Waals surface area (Å²) in [5.74, 6) is -1.06. The van der Waals surface area contributed by atoms with Gasteiger partial charge in [-0.3, -0.25) is 14.4 Å². The second-order valence-electron chi connectivity index (χ2n) is 4.56. The van der Waals surface area contributed by atoms with Gasteiger partial charge < -0.3 is 5.73 Å². The smallest absolute Gasteiger partial charge is 0.397 e. The first kappa shape index (κ1) is 16.5. The predicted octanol–water partition coefficient (Wildman–Crippen LogP) is 1.61. The lowest BCUT2D eigenvalue weighted by Crippen LogP contribution is -2.41. The summed E-state index contributed by atoms with van der Waals surface area (Å²) in [6, 6.07) is 1.95. The van der Waals surface area contributed by atoms with Gasteiger partial charge in [0.25, 0.3) is 5.56 Å². The molecule has 1 heterocycles. The van der Waals surface area contributed by atoms with Crippen LogP contribution in [0.15, 0.2) is 32.8 Å². The molecule has 0 unspecified atom stereocenters. The Kier molecular flexibility index (Phi) is 3.85. The standard InChI is InChI=1S/C13H10F4N4O2/c1-19-8-3-6(14)9(4-7(8)18)21-11(22)5-10(13(15,16)17)20(2)12(21)23/h3-5H,1,18H2,2H3. The van der Waals surface area contributed by atoms with E-state index in [2.05, 4.69) is 11.7 Å². The average molecular weight is 330 g/mol. The average Bonchev–Trinajstić information content (AvgIpc) is 2.45. The van der Waals surface area contributed by atoms with Crippen molar-refractivity contribution in [3.63, 3.8) is 0 Å². The lowest BCUT2D eigenvalue weighted by atomic mass is 10.2. The van der Waals surface area contributed by atoms with E-state index in [0.717, 1.165) is 19.2 Å². The maximum absolute atomic E-state index is 14.1. The zero-order valence-electron chi connectivity index (χ0n) is 11.7. The lowest BCUT2D eigenvalue weighted by molar-refractivity contribution is -0.144. The van der Waals surface area contributed by atoms with Crippen molar-refractivity contribution in [1.29, 1.82) is 0 Å². The summed E-state index contributed by atoms with van der Waals surface area (Å²) in [6.45, 7) is 3.17. The maximum Gasteiger partial charge on any atom is 0.431 e. The van der Waals surface area contributed by atoms with E-state index in [4.69, 9.17) is 5.73 Å². The molecular formula is C13H10F4N4O2. The summed E-state index contributed by atoms with van der Waals surface area (Å²) in [5.41, 5.74) is 0.742. The Balaban J connectivity index is 2.84. The third-order valence-electron chi connectivity index (χ3n) is 3.12. The minimum absolute atomic E-state index is 0.0250. The van der Waals surface area contributed by atoms with Crippen molar-refractivity contribution >= 4 is 18.1 Å². The van der Waals surface area contributed by atoms with Crippen LogP contribution < -0.4 is 17.0 Å². The highest BCUT2D eigenvalue weighted by molar-refractivity contribution is 5.68. The summed E-state index contributed by atoms with van der Waals surface area (Å²) in [5, 5.41) is 0. The van der Waals surface area contributed by atoms with E-state index in [0.29, 0.717) is 0 Å². The van der Waals surface area contributed by atoms with E-state index in [1.165, 1.54) is 0 Å². The Hall–Kier alpha value is -2.91. The fraction of sp³-hybridized carbons (Fsp3) is 0.154. The molecule has 0 fully saturated rings. The highest BCUT2D eigenvalue weighted by Gasteiger charge is 2.35. The predicted molar refractivity (Wildman–Crippen MR) is 75.9 cm³/mol. The van der Waals surface area contributed by atoms with Crippen LogP contribution in [0.5, 0.6) is 0 Å². The van der Waals surface area contributed by atoms with Gasteiger partial charge in [-0.25, -0.2) is 13.8 Å². The SMILES string of the molecule is C=Nc1cc(F)c(-n2c(=O)cc(C(F)(F)F)n(C)c2=O)cc1N. The topological polar surface area (TPSA) is 82.4 Å². The van der Waals surface area contributed by atoms with Gasteiger partial charge >= 0.3 is 11.9 Å². The third-order valence-corrected chi connectivity index (χ3v) is 3.12. The van der Waals surface area contributed by atoms with Crippen molar-refractivity contribution in [3.05, 3.63) is 50.5 Å². The fourth-order valence-electron chi connectivity index (χ4n) is 2.00. The molecule has 0 saturated carbocycles. The zero-order valence-corrected chi connectivity index (χ0v) is 11.7. The first-order valence-corrected chi connectivity index (χ1v) is 6.04. The van der Waals surface area contributed by atoms with Crippen molar-refractivity contribution in [2.45, 2.75) is 6.18 Å². The van der Waals surface area contributed by atoms with Crippen LogP contribution in [0, 0.1) is 5.82 Å². The molecule has 10 heteroatoms. The summed E-state index contributed by atoms with van der Waals surface area (Å²) >= 11 is 0. The lowest BCUT2D eigenvalue weighted by Gasteiger charge is -2.14. The summed E-state index contributed by atoms with van der Waals surface area (Å²) in [7, 11) is 0.821. The fourth-order valence-corrected chi connectivity index (χ4v) is 2.00. The quantitative estimate of drug-likeness (QED) is 0.516. The largest absolute Gasteiger partial charge is 0.431 e. The van der Waals surface area contributed by atoms with Crippen molar-refractivity contribution in [2.24, 2.45) is 12.0 Å². The minimum atomic E-state index is -4.90. The Morgan fingerprint density at radius 2 is 1.83 bits per heavy atom. The number of rotatable bonds is 2. The minimum Gasteiger partial charge on any atom is -0.397 e. The first-order valence-electron chi connectivity index (χ1n) is 6.04. The number of nitrogen functional groups attached to an aromatic ring is 1. The molecule has 2 aromatic rings. The first-order chi connectivity index (χ1) is 10.6. The number of hydrogen-bond acceptors (Lipinski definition) is 4. The van der Waals surface area contributed by atoms with Gasteiger partial charge in [-0.2, -0.15) is 13.2 Å². The van der Waals surface area contributed by atoms with E-state index in [9.17, 15) is 27.2 Å². The van der Waals surface area contributed by atoms with Gasteiger partial charge in [0.1, 0.15) is 11.5 Å². The summed E-state index contributed by atoms with van der Waals surface area (Å²) in [6.07, 6.45) is -4.90. The van der Waals surface area contributed by atoms with Gasteiger partial charge in [0.2, 0.25) is 0 Å². The molecule has 0 atom stereocenters. The second kappa shape index (κ2) is 5.38. The molecule has 122 valence electrons. The molecule has 0 radical (unpaired) electrons. The molecule has 0 aliphatic carbocycles. The molecule has 0 aliphatic rings. The van der Waals surface area contributed by atoms with Gasteiger partial charge in [-0.05, 0) is 12.8 Å². The van der Waals surface area contributed by atoms with Crippen LogP contribution in [0.3, 0.4) is 0 Å². The molecule has 6 nitrogen and oxygen atoms in total. The van der Waals surface area contributed by atoms with Gasteiger partial charge in [0, 0.05) is 19.2 Å². The number of hydrogen-bond donors (Lipinski definition) is 1. The van der Waals surface area contributed by atoms with E-state index >= 15 is 0 Å². The highest BCUT2D eigenvalue weighted by Crippen LogP contribution is 2.28. The molecule has 2 N–H and O–H groups in total. The Morgan fingerprint density at radius 1 is 1.22 bits per heavy atom. The van der Waals surface area contributed by atoms with Crippen LogP contribution in [0.2, 0.25) is 0 Å².